The zero-order valence-electron chi connectivity index (χ0n) is 16.4. The molecule has 0 amide bonds. The lowest BCUT2D eigenvalue weighted by molar-refractivity contribution is 0.0957. The smallest absolute Gasteiger partial charge is 0.183 e. The highest BCUT2D eigenvalue weighted by Gasteiger charge is 2.22. The van der Waals surface area contributed by atoms with E-state index in [0.29, 0.717) is 18.0 Å². The number of carbonyl (C=O) groups excluding carboxylic acids is 1. The molecule has 1 fully saturated rings. The number of rotatable bonds is 6. The van der Waals surface area contributed by atoms with Crippen molar-refractivity contribution >= 4 is 29.1 Å². The summed E-state index contributed by atoms with van der Waals surface area (Å²) in [6.45, 7) is 3.28. The lowest BCUT2D eigenvalue weighted by atomic mass is 9.90. The second kappa shape index (κ2) is 9.35. The molecule has 148 valence electrons. The van der Waals surface area contributed by atoms with E-state index in [4.69, 9.17) is 0 Å². The van der Waals surface area contributed by atoms with E-state index in [-0.39, 0.29) is 18.2 Å². The molecular formula is C23H28ClN3O. The maximum absolute atomic E-state index is 12.7. The van der Waals surface area contributed by atoms with Crippen molar-refractivity contribution in [2.45, 2.75) is 32.2 Å². The number of carbonyl (C=O) groups is 1. The summed E-state index contributed by atoms with van der Waals surface area (Å²) in [5, 5.41) is 5.45. The number of Topliss-reactive ketones (excluding diaryl/α,β-unsaturated/α-hetero) is 1. The molecule has 4 rings (SSSR count). The lowest BCUT2D eigenvalue weighted by Gasteiger charge is -2.31. The van der Waals surface area contributed by atoms with Gasteiger partial charge in [0, 0.05) is 25.4 Å². The first-order chi connectivity index (χ1) is 13.2. The van der Waals surface area contributed by atoms with Gasteiger partial charge in [-0.3, -0.25) is 14.4 Å². The Bertz CT molecular complexity index is 914. The van der Waals surface area contributed by atoms with Crippen molar-refractivity contribution in [3.05, 3.63) is 65.9 Å². The molecule has 2 aromatic carbocycles. The Morgan fingerprint density at radius 1 is 1.04 bits per heavy atom. The third kappa shape index (κ3) is 4.62. The van der Waals surface area contributed by atoms with Crippen LogP contribution in [-0.2, 0) is 13.6 Å². The van der Waals surface area contributed by atoms with E-state index >= 15 is 0 Å². The van der Waals surface area contributed by atoms with Crippen molar-refractivity contribution in [3.8, 4) is 0 Å². The number of para-hydroxylation sites is 1. The summed E-state index contributed by atoms with van der Waals surface area (Å²) in [7, 11) is 1.90. The second-order valence-corrected chi connectivity index (χ2v) is 7.66. The summed E-state index contributed by atoms with van der Waals surface area (Å²) in [4.78, 5) is 15.3. The average molecular weight is 398 g/mol. The zero-order valence-corrected chi connectivity index (χ0v) is 17.2. The van der Waals surface area contributed by atoms with Crippen LogP contribution < -0.4 is 0 Å². The molecule has 0 N–H and O–H groups in total. The molecule has 28 heavy (non-hydrogen) atoms. The Balaban J connectivity index is 0.00000225. The van der Waals surface area contributed by atoms with Gasteiger partial charge in [-0.25, -0.2) is 0 Å². The highest BCUT2D eigenvalue weighted by Crippen LogP contribution is 2.25. The molecule has 0 radical (unpaired) electrons. The molecule has 1 aromatic heterocycles. The summed E-state index contributed by atoms with van der Waals surface area (Å²) >= 11 is 0. The van der Waals surface area contributed by atoms with Crippen LogP contribution in [0, 0.1) is 5.92 Å². The Hall–Kier alpha value is -2.17. The SMILES string of the molecule is Cl.Cn1nc(C(=O)CCC2CCN(Cc3ccccc3)CC2)c2ccccc21. The molecule has 4 nitrogen and oxygen atoms in total. The van der Waals surface area contributed by atoms with E-state index in [9.17, 15) is 4.79 Å². The van der Waals surface area contributed by atoms with Crippen molar-refractivity contribution < 1.29 is 4.79 Å². The fraction of sp³-hybridized carbons (Fsp3) is 0.391. The number of ketones is 1. The first-order valence-corrected chi connectivity index (χ1v) is 9.92. The number of likely N-dealkylation sites (tertiary alicyclic amines) is 1. The Morgan fingerprint density at radius 3 is 2.46 bits per heavy atom. The Kier molecular flexibility index (Phi) is 6.87. The van der Waals surface area contributed by atoms with Crippen molar-refractivity contribution in [2.24, 2.45) is 13.0 Å². The third-order valence-electron chi connectivity index (χ3n) is 5.76. The van der Waals surface area contributed by atoms with Gasteiger partial charge in [-0.2, -0.15) is 5.10 Å². The van der Waals surface area contributed by atoms with Crippen LogP contribution in [0.25, 0.3) is 10.9 Å². The van der Waals surface area contributed by atoms with Crippen LogP contribution in [0.2, 0.25) is 0 Å². The van der Waals surface area contributed by atoms with Crippen LogP contribution in [0.15, 0.2) is 54.6 Å². The number of piperidine rings is 1. The molecule has 1 aliphatic heterocycles. The molecule has 0 saturated carbocycles. The molecule has 2 heterocycles. The minimum absolute atomic E-state index is 0. The van der Waals surface area contributed by atoms with Gasteiger partial charge in [0.15, 0.2) is 5.78 Å². The molecule has 3 aromatic rings. The molecule has 0 atom stereocenters. The number of aromatic nitrogens is 2. The van der Waals surface area contributed by atoms with E-state index in [1.165, 1.54) is 18.4 Å². The van der Waals surface area contributed by atoms with Crippen molar-refractivity contribution in [3.63, 3.8) is 0 Å². The fourth-order valence-electron chi connectivity index (χ4n) is 4.15. The molecule has 0 spiro atoms. The largest absolute Gasteiger partial charge is 0.299 e. The zero-order chi connectivity index (χ0) is 18.6. The number of fused-ring (bicyclic) bond motifs is 1. The first-order valence-electron chi connectivity index (χ1n) is 9.92. The molecule has 0 unspecified atom stereocenters. The Morgan fingerprint density at radius 2 is 1.71 bits per heavy atom. The molecule has 5 heteroatoms. The van der Waals surface area contributed by atoms with E-state index in [0.717, 1.165) is 37.0 Å². The predicted octanol–water partition coefficient (Wildman–Crippen LogP) is 4.87. The van der Waals surface area contributed by atoms with E-state index in [1.807, 2.05) is 36.0 Å². The summed E-state index contributed by atoms with van der Waals surface area (Å²) in [6.07, 6.45) is 3.94. The maximum atomic E-state index is 12.7. The highest BCUT2D eigenvalue weighted by molar-refractivity contribution is 6.05. The number of benzene rings is 2. The second-order valence-electron chi connectivity index (χ2n) is 7.66. The van der Waals surface area contributed by atoms with Crippen molar-refractivity contribution in [1.29, 1.82) is 0 Å². The average Bonchev–Trinajstić information content (AvgIpc) is 3.05. The van der Waals surface area contributed by atoms with Gasteiger partial charge in [-0.1, -0.05) is 48.5 Å². The van der Waals surface area contributed by atoms with Crippen molar-refractivity contribution in [2.75, 3.05) is 13.1 Å². The van der Waals surface area contributed by atoms with Gasteiger partial charge in [0.25, 0.3) is 0 Å². The summed E-state index contributed by atoms with van der Waals surface area (Å²) in [5.74, 6) is 0.828. The molecule has 0 aliphatic carbocycles. The molecule has 1 aliphatic rings. The van der Waals surface area contributed by atoms with Gasteiger partial charge in [-0.05, 0) is 49.9 Å². The first kappa shape index (κ1) is 20.6. The van der Waals surface area contributed by atoms with E-state index in [1.54, 1.807) is 0 Å². The quantitative estimate of drug-likeness (QED) is 0.557. The standard InChI is InChI=1S/C23H27N3O.ClH/c1-25-21-10-6-5-9-20(21)23(24-25)22(27)12-11-18-13-15-26(16-14-18)17-19-7-3-2-4-8-19;/h2-10,18H,11-17H2,1H3;1H. The topological polar surface area (TPSA) is 38.1 Å². The number of hydrogen-bond donors (Lipinski definition) is 0. The van der Waals surface area contributed by atoms with Crippen LogP contribution >= 0.6 is 12.4 Å². The van der Waals surface area contributed by atoms with Crippen LogP contribution in [0.4, 0.5) is 0 Å². The van der Waals surface area contributed by atoms with E-state index in [2.05, 4.69) is 40.3 Å². The van der Waals surface area contributed by atoms with E-state index < -0.39 is 0 Å². The van der Waals surface area contributed by atoms with Crippen LogP contribution in [-0.4, -0.2) is 33.6 Å². The predicted molar refractivity (Wildman–Crippen MR) is 116 cm³/mol. The van der Waals surface area contributed by atoms with Crippen LogP contribution in [0.5, 0.6) is 0 Å². The maximum Gasteiger partial charge on any atom is 0.183 e. The Labute approximate surface area is 172 Å². The van der Waals surface area contributed by atoms with Gasteiger partial charge in [-0.15, -0.1) is 12.4 Å². The highest BCUT2D eigenvalue weighted by atomic mass is 35.5. The van der Waals surface area contributed by atoms with Gasteiger partial charge < -0.3 is 0 Å². The van der Waals surface area contributed by atoms with Gasteiger partial charge in [0.05, 0.1) is 5.52 Å². The fourth-order valence-corrected chi connectivity index (χ4v) is 4.15. The third-order valence-corrected chi connectivity index (χ3v) is 5.76. The lowest BCUT2D eigenvalue weighted by Crippen LogP contribution is -2.33. The summed E-state index contributed by atoms with van der Waals surface area (Å²) in [5.41, 5.74) is 3.04. The number of aryl methyl sites for hydroxylation is 1. The van der Waals surface area contributed by atoms with Crippen LogP contribution in [0.3, 0.4) is 0 Å². The van der Waals surface area contributed by atoms with Gasteiger partial charge in [0.1, 0.15) is 5.69 Å². The number of halogens is 1. The van der Waals surface area contributed by atoms with Gasteiger partial charge in [0.2, 0.25) is 0 Å². The number of hydrogen-bond acceptors (Lipinski definition) is 3. The van der Waals surface area contributed by atoms with Crippen molar-refractivity contribution in [1.82, 2.24) is 14.7 Å². The molecule has 1 saturated heterocycles. The summed E-state index contributed by atoms with van der Waals surface area (Å²) < 4.78 is 1.81. The van der Waals surface area contributed by atoms with Crippen LogP contribution in [0.1, 0.15) is 41.7 Å². The van der Waals surface area contributed by atoms with Gasteiger partial charge >= 0.3 is 0 Å². The minimum Gasteiger partial charge on any atom is -0.299 e. The minimum atomic E-state index is 0. The monoisotopic (exact) mass is 397 g/mol. The summed E-state index contributed by atoms with van der Waals surface area (Å²) in [6, 6.07) is 18.6. The number of nitrogens with zero attached hydrogens (tertiary/aromatic N) is 3. The normalized spacial score (nSPS) is 15.5. The molecular weight excluding hydrogens is 370 g/mol. The molecule has 0 bridgehead atoms.